The molecule has 3 atom stereocenters. The van der Waals surface area contributed by atoms with Crippen molar-refractivity contribution >= 4 is 29.3 Å². The number of nitrogens with one attached hydrogen (secondary N) is 2. The first-order valence-corrected chi connectivity index (χ1v) is 9.36. The summed E-state index contributed by atoms with van der Waals surface area (Å²) < 4.78 is 36.8. The van der Waals surface area contributed by atoms with Gasteiger partial charge in [0.25, 0.3) is 5.91 Å². The molecule has 0 bridgehead atoms. The Balaban J connectivity index is 1.67. The molecule has 2 aliphatic rings. The average Bonchev–Trinajstić information content (AvgIpc) is 2.96. The van der Waals surface area contributed by atoms with E-state index in [1.807, 2.05) is 12.2 Å². The molecule has 7 nitrogen and oxygen atoms in total. The summed E-state index contributed by atoms with van der Waals surface area (Å²) in [7, 11) is 0. The number of carbonyl (C=O) groups is 4. The molecule has 3 rings (SSSR count). The van der Waals surface area contributed by atoms with Crippen molar-refractivity contribution in [3.8, 4) is 0 Å². The number of nitrogens with zero attached hydrogens (tertiary/aromatic N) is 1. The van der Waals surface area contributed by atoms with Crippen molar-refractivity contribution in [3.05, 3.63) is 42.0 Å². The summed E-state index contributed by atoms with van der Waals surface area (Å²) in [6, 6.07) is 4.29. The summed E-state index contributed by atoms with van der Waals surface area (Å²) >= 11 is 0. The second kappa shape index (κ2) is 8.29. The molecule has 1 heterocycles. The lowest BCUT2D eigenvalue weighted by Crippen LogP contribution is -2.46. The summed E-state index contributed by atoms with van der Waals surface area (Å²) in [5.74, 6) is -3.29. The van der Waals surface area contributed by atoms with Crippen LogP contribution in [0, 0.1) is 11.8 Å². The van der Waals surface area contributed by atoms with Crippen molar-refractivity contribution in [2.75, 3.05) is 11.9 Å². The van der Waals surface area contributed by atoms with Gasteiger partial charge in [0.15, 0.2) is 0 Å². The molecule has 0 spiro atoms. The topological polar surface area (TPSA) is 95.6 Å². The summed E-state index contributed by atoms with van der Waals surface area (Å²) in [4.78, 5) is 50.6. The number of halogens is 3. The largest absolute Gasteiger partial charge is 0.405 e. The number of allylic oxidation sites excluding steroid dienone is 2. The highest BCUT2D eigenvalue weighted by atomic mass is 19.4. The molecule has 30 heavy (non-hydrogen) atoms. The fourth-order valence-electron chi connectivity index (χ4n) is 3.59. The van der Waals surface area contributed by atoms with Crippen LogP contribution in [0.15, 0.2) is 36.4 Å². The van der Waals surface area contributed by atoms with Crippen molar-refractivity contribution in [3.63, 3.8) is 0 Å². The fourth-order valence-corrected chi connectivity index (χ4v) is 3.59. The number of anilines is 1. The lowest BCUT2D eigenvalue weighted by Gasteiger charge is -2.22. The molecule has 3 unspecified atom stereocenters. The van der Waals surface area contributed by atoms with Crippen LogP contribution in [0.4, 0.5) is 18.9 Å². The van der Waals surface area contributed by atoms with E-state index in [-0.39, 0.29) is 11.3 Å². The number of hydrogen-bond donors (Lipinski definition) is 2. The minimum absolute atomic E-state index is 0.0740. The third-order valence-corrected chi connectivity index (χ3v) is 5.15. The molecule has 1 aliphatic carbocycles. The van der Waals surface area contributed by atoms with Crippen LogP contribution < -0.4 is 10.6 Å². The van der Waals surface area contributed by atoms with Gasteiger partial charge < -0.3 is 10.6 Å². The smallest absolute Gasteiger partial charge is 0.343 e. The molecular formula is C20H20F3N3O4. The zero-order valence-corrected chi connectivity index (χ0v) is 16.0. The van der Waals surface area contributed by atoms with Gasteiger partial charge in [-0.1, -0.05) is 18.2 Å². The molecule has 10 heteroatoms. The highest BCUT2D eigenvalue weighted by molar-refractivity contribution is 6.10. The summed E-state index contributed by atoms with van der Waals surface area (Å²) in [6.07, 6.45) is 0.0502. The van der Waals surface area contributed by atoms with Crippen LogP contribution in [0.2, 0.25) is 0 Å². The van der Waals surface area contributed by atoms with Gasteiger partial charge in [-0.25, -0.2) is 0 Å². The van der Waals surface area contributed by atoms with E-state index < -0.39 is 54.2 Å². The fraction of sp³-hybridized carbons (Fsp3) is 0.400. The highest BCUT2D eigenvalue weighted by Gasteiger charge is 2.50. The maximum Gasteiger partial charge on any atom is 0.405 e. The van der Waals surface area contributed by atoms with E-state index in [0.29, 0.717) is 12.8 Å². The zero-order chi connectivity index (χ0) is 22.1. The van der Waals surface area contributed by atoms with Gasteiger partial charge in [-0.15, -0.1) is 0 Å². The van der Waals surface area contributed by atoms with E-state index in [2.05, 4.69) is 5.32 Å². The van der Waals surface area contributed by atoms with Crippen LogP contribution in [0.3, 0.4) is 0 Å². The summed E-state index contributed by atoms with van der Waals surface area (Å²) in [6.45, 7) is -0.0500. The molecule has 1 aliphatic heterocycles. The zero-order valence-electron chi connectivity index (χ0n) is 16.0. The third-order valence-electron chi connectivity index (χ3n) is 5.15. The van der Waals surface area contributed by atoms with Gasteiger partial charge in [0.2, 0.25) is 17.7 Å². The number of benzene rings is 1. The predicted molar refractivity (Wildman–Crippen MR) is 100 cm³/mol. The lowest BCUT2D eigenvalue weighted by molar-refractivity contribution is -0.146. The molecule has 1 saturated heterocycles. The van der Waals surface area contributed by atoms with E-state index in [4.69, 9.17) is 0 Å². The SMILES string of the molecule is CC(C(=O)Nc1cccc(C(=O)NCC(F)(F)F)c1)N1C(=O)C2CC=CCC2C1=O. The van der Waals surface area contributed by atoms with Gasteiger partial charge in [0.05, 0.1) is 11.8 Å². The Kier molecular flexibility index (Phi) is 5.95. The van der Waals surface area contributed by atoms with Gasteiger partial charge in [-0.3, -0.25) is 24.1 Å². The van der Waals surface area contributed by atoms with Gasteiger partial charge in [-0.2, -0.15) is 13.2 Å². The molecule has 4 amide bonds. The van der Waals surface area contributed by atoms with Crippen molar-refractivity contribution in [2.45, 2.75) is 32.0 Å². The first-order valence-electron chi connectivity index (χ1n) is 9.36. The number of carbonyl (C=O) groups excluding carboxylic acids is 4. The van der Waals surface area contributed by atoms with Crippen LogP contribution in [0.5, 0.6) is 0 Å². The maximum atomic E-state index is 12.6. The molecule has 0 saturated carbocycles. The quantitative estimate of drug-likeness (QED) is 0.561. The Bertz CT molecular complexity index is 887. The Morgan fingerprint density at radius 1 is 1.13 bits per heavy atom. The van der Waals surface area contributed by atoms with E-state index in [0.717, 1.165) is 4.90 Å². The first-order chi connectivity index (χ1) is 14.1. The number of alkyl halides is 3. The number of likely N-dealkylation sites (tertiary alicyclic amines) is 1. The van der Waals surface area contributed by atoms with Crippen molar-refractivity contribution in [2.24, 2.45) is 11.8 Å². The molecule has 1 aromatic carbocycles. The number of imide groups is 1. The van der Waals surface area contributed by atoms with Crippen molar-refractivity contribution in [1.29, 1.82) is 0 Å². The Labute approximate surface area is 170 Å². The maximum absolute atomic E-state index is 12.6. The molecule has 1 aromatic rings. The Morgan fingerprint density at radius 3 is 2.30 bits per heavy atom. The molecular weight excluding hydrogens is 403 g/mol. The van der Waals surface area contributed by atoms with Gasteiger partial charge >= 0.3 is 6.18 Å². The van der Waals surface area contributed by atoms with E-state index in [1.54, 1.807) is 5.32 Å². The van der Waals surface area contributed by atoms with Crippen molar-refractivity contribution < 1.29 is 32.3 Å². The third kappa shape index (κ3) is 4.52. The van der Waals surface area contributed by atoms with Gasteiger partial charge in [0.1, 0.15) is 12.6 Å². The molecule has 2 N–H and O–H groups in total. The summed E-state index contributed by atoms with van der Waals surface area (Å²) in [5.41, 5.74) is 0.0832. The highest BCUT2D eigenvalue weighted by Crippen LogP contribution is 2.36. The normalized spacial score (nSPS) is 21.9. The minimum atomic E-state index is -4.54. The molecule has 0 radical (unpaired) electrons. The Morgan fingerprint density at radius 2 is 1.73 bits per heavy atom. The second-order valence-electron chi connectivity index (χ2n) is 7.25. The number of amides is 4. The van der Waals surface area contributed by atoms with E-state index in [1.165, 1.54) is 31.2 Å². The summed E-state index contributed by atoms with van der Waals surface area (Å²) in [5, 5.41) is 4.25. The van der Waals surface area contributed by atoms with Crippen molar-refractivity contribution in [1.82, 2.24) is 10.2 Å². The van der Waals surface area contributed by atoms with Crippen LogP contribution in [0.1, 0.15) is 30.1 Å². The predicted octanol–water partition coefficient (Wildman–Crippen LogP) is 2.26. The molecule has 160 valence electrons. The molecule has 0 aromatic heterocycles. The standard InChI is InChI=1S/C20H20F3N3O4/c1-11(26-18(29)14-7-2-3-8-15(14)19(26)30)16(27)25-13-6-4-5-12(9-13)17(28)24-10-20(21,22)23/h2-6,9,11,14-15H,7-8,10H2,1H3,(H,24,28)(H,25,27). The monoisotopic (exact) mass is 423 g/mol. The van der Waals surface area contributed by atoms with Gasteiger partial charge in [-0.05, 0) is 38.0 Å². The average molecular weight is 423 g/mol. The van der Waals surface area contributed by atoms with Crippen LogP contribution in [-0.4, -0.2) is 47.3 Å². The second-order valence-corrected chi connectivity index (χ2v) is 7.25. The first kappa shape index (κ1) is 21.5. The number of fused-ring (bicyclic) bond motifs is 1. The van der Waals surface area contributed by atoms with E-state index in [9.17, 15) is 32.3 Å². The number of rotatable bonds is 5. The lowest BCUT2D eigenvalue weighted by atomic mass is 9.85. The van der Waals surface area contributed by atoms with Crippen LogP contribution >= 0.6 is 0 Å². The van der Waals surface area contributed by atoms with Crippen LogP contribution in [0.25, 0.3) is 0 Å². The minimum Gasteiger partial charge on any atom is -0.343 e. The Hall–Kier alpha value is -3.17. The number of hydrogen-bond acceptors (Lipinski definition) is 4. The van der Waals surface area contributed by atoms with Crippen LogP contribution in [-0.2, 0) is 14.4 Å². The van der Waals surface area contributed by atoms with Gasteiger partial charge in [0, 0.05) is 11.3 Å². The molecule has 1 fully saturated rings. The van der Waals surface area contributed by atoms with E-state index >= 15 is 0 Å².